The van der Waals surface area contributed by atoms with Crippen molar-refractivity contribution in [2.75, 3.05) is 7.11 Å². The Balaban J connectivity index is 2.85. The normalized spacial score (nSPS) is 16.3. The molecule has 3 atom stereocenters. The summed E-state index contributed by atoms with van der Waals surface area (Å²) < 4.78 is 20.3. The highest BCUT2D eigenvalue weighted by Crippen LogP contribution is 2.29. The molecule has 3 unspecified atom stereocenters. The van der Waals surface area contributed by atoms with Crippen LogP contribution in [-0.4, -0.2) is 22.5 Å². The average Bonchev–Trinajstić information content (AvgIpc) is 2.56. The molecule has 0 aliphatic heterocycles. The van der Waals surface area contributed by atoms with Gasteiger partial charge in [-0.3, -0.25) is 4.79 Å². The van der Waals surface area contributed by atoms with Gasteiger partial charge in [-0.2, -0.15) is 0 Å². The van der Waals surface area contributed by atoms with Crippen LogP contribution < -0.4 is 0 Å². The van der Waals surface area contributed by atoms with E-state index in [1.54, 1.807) is 0 Å². The van der Waals surface area contributed by atoms with E-state index in [1.165, 1.54) is 7.11 Å². The van der Waals surface area contributed by atoms with Crippen molar-refractivity contribution in [3.05, 3.63) is 35.4 Å². The number of hydrogen-bond donors (Lipinski definition) is 1. The highest BCUT2D eigenvalue weighted by atomic mass is 32.8. The number of carbonyl (C=O) groups is 1. The highest BCUT2D eigenvalue weighted by molar-refractivity contribution is 8.29. The SMILES string of the molecule is CCC(CC(CC)c1ccc(CS(=O)(=S)OO)cc1)C(=O)OC. The third-order valence-corrected chi connectivity index (χ3v) is 5.45. The summed E-state index contributed by atoms with van der Waals surface area (Å²) in [7, 11) is -1.71. The molecular weight excluding hydrogens is 336 g/mol. The maximum absolute atomic E-state index is 11.8. The molecule has 1 aromatic rings. The van der Waals surface area contributed by atoms with Gasteiger partial charge in [-0.25, -0.2) is 9.47 Å². The summed E-state index contributed by atoms with van der Waals surface area (Å²) in [5.41, 5.74) is 1.84. The number of benzene rings is 1. The second-order valence-corrected chi connectivity index (χ2v) is 8.56. The van der Waals surface area contributed by atoms with E-state index in [4.69, 9.17) is 9.99 Å². The zero-order valence-electron chi connectivity index (χ0n) is 13.7. The van der Waals surface area contributed by atoms with Crippen LogP contribution >= 0.6 is 0 Å². The molecule has 0 amide bonds. The number of esters is 1. The molecule has 0 aromatic heterocycles. The summed E-state index contributed by atoms with van der Waals surface area (Å²) in [4.78, 5) is 11.8. The van der Waals surface area contributed by atoms with E-state index >= 15 is 0 Å². The minimum absolute atomic E-state index is 0.0182. The third-order valence-electron chi connectivity index (χ3n) is 4.00. The topological polar surface area (TPSA) is 72.8 Å². The lowest BCUT2D eigenvalue weighted by atomic mass is 9.85. The van der Waals surface area contributed by atoms with Gasteiger partial charge in [0.25, 0.3) is 0 Å². The summed E-state index contributed by atoms with van der Waals surface area (Å²) in [6.45, 7) is 4.06. The van der Waals surface area contributed by atoms with Gasteiger partial charge in [0.15, 0.2) is 8.77 Å². The van der Waals surface area contributed by atoms with Crippen LogP contribution in [0.5, 0.6) is 0 Å². The molecule has 1 N–H and O–H groups in total. The molecule has 0 spiro atoms. The minimum Gasteiger partial charge on any atom is -0.469 e. The molecule has 0 saturated carbocycles. The van der Waals surface area contributed by atoms with Gasteiger partial charge >= 0.3 is 5.97 Å². The molecule has 130 valence electrons. The van der Waals surface area contributed by atoms with E-state index in [1.807, 2.05) is 31.2 Å². The van der Waals surface area contributed by atoms with Crippen LogP contribution in [0.25, 0.3) is 0 Å². The van der Waals surface area contributed by atoms with Crippen LogP contribution in [0.3, 0.4) is 0 Å². The summed E-state index contributed by atoms with van der Waals surface area (Å²) in [6, 6.07) is 7.52. The average molecular weight is 360 g/mol. The number of hydrogen-bond acceptors (Lipinski definition) is 6. The van der Waals surface area contributed by atoms with Gasteiger partial charge in [0.05, 0.1) is 18.8 Å². The Bertz CT molecular complexity index is 595. The zero-order valence-corrected chi connectivity index (χ0v) is 15.3. The minimum atomic E-state index is -3.12. The van der Waals surface area contributed by atoms with Crippen molar-refractivity contribution in [2.24, 2.45) is 5.92 Å². The van der Waals surface area contributed by atoms with E-state index in [0.717, 1.165) is 30.4 Å². The predicted octanol–water partition coefficient (Wildman–Crippen LogP) is 3.42. The number of rotatable bonds is 9. The summed E-state index contributed by atoms with van der Waals surface area (Å²) in [6.07, 6.45) is 2.38. The Kier molecular flexibility index (Phi) is 8.11. The molecule has 0 bridgehead atoms. The highest BCUT2D eigenvalue weighted by Gasteiger charge is 2.22. The van der Waals surface area contributed by atoms with Gasteiger partial charge in [0, 0.05) is 11.2 Å². The van der Waals surface area contributed by atoms with Crippen LogP contribution in [0.2, 0.25) is 0 Å². The van der Waals surface area contributed by atoms with E-state index < -0.39 is 8.77 Å². The van der Waals surface area contributed by atoms with Gasteiger partial charge in [0.2, 0.25) is 0 Å². The molecule has 0 aliphatic rings. The zero-order chi connectivity index (χ0) is 17.5. The summed E-state index contributed by atoms with van der Waals surface area (Å²) in [5, 5.41) is 8.51. The first-order chi connectivity index (χ1) is 10.9. The van der Waals surface area contributed by atoms with Crippen LogP contribution in [0.15, 0.2) is 24.3 Å². The Labute approximate surface area is 142 Å². The first kappa shape index (κ1) is 20.0. The second-order valence-electron chi connectivity index (χ2n) is 5.49. The van der Waals surface area contributed by atoms with Crippen molar-refractivity contribution in [1.82, 2.24) is 0 Å². The molecule has 23 heavy (non-hydrogen) atoms. The fourth-order valence-electron chi connectivity index (χ4n) is 2.59. The van der Waals surface area contributed by atoms with Crippen LogP contribution in [-0.2, 0) is 39.6 Å². The van der Waals surface area contributed by atoms with Gasteiger partial charge in [0.1, 0.15) is 0 Å². The van der Waals surface area contributed by atoms with Crippen molar-refractivity contribution in [2.45, 2.75) is 44.8 Å². The van der Waals surface area contributed by atoms with E-state index in [2.05, 4.69) is 22.4 Å². The monoisotopic (exact) mass is 360 g/mol. The molecule has 0 radical (unpaired) electrons. The largest absolute Gasteiger partial charge is 0.469 e. The third kappa shape index (κ3) is 6.18. The molecule has 1 aromatic carbocycles. The molecule has 0 fully saturated rings. The smallest absolute Gasteiger partial charge is 0.308 e. The summed E-state index contributed by atoms with van der Waals surface area (Å²) >= 11 is 4.65. The van der Waals surface area contributed by atoms with Crippen LogP contribution in [0.4, 0.5) is 0 Å². The molecule has 1 rings (SSSR count). The quantitative estimate of drug-likeness (QED) is 0.413. The first-order valence-corrected chi connectivity index (χ1v) is 10.2. The maximum Gasteiger partial charge on any atom is 0.308 e. The Hall–Kier alpha value is -1.02. The maximum atomic E-state index is 11.8. The fourth-order valence-corrected chi connectivity index (χ4v) is 3.66. The van der Waals surface area contributed by atoms with Gasteiger partial charge in [-0.15, -0.1) is 4.33 Å². The van der Waals surface area contributed by atoms with Crippen molar-refractivity contribution in [3.8, 4) is 0 Å². The molecule has 5 nitrogen and oxygen atoms in total. The standard InChI is InChI=1S/C16H24O5S2/c1-4-13(10-14(5-2)16(17)20-3)15-8-6-12(7-9-15)11-23(19,22)21-18/h6-9,13-14,18H,4-5,10-11H2,1-3H3. The first-order valence-electron chi connectivity index (χ1n) is 7.59. The van der Waals surface area contributed by atoms with Crippen LogP contribution in [0, 0.1) is 5.92 Å². The van der Waals surface area contributed by atoms with Gasteiger partial charge < -0.3 is 4.74 Å². The van der Waals surface area contributed by atoms with Crippen molar-refractivity contribution < 1.29 is 23.3 Å². The lowest BCUT2D eigenvalue weighted by Gasteiger charge is -2.20. The van der Waals surface area contributed by atoms with Crippen molar-refractivity contribution >= 4 is 25.9 Å². The van der Waals surface area contributed by atoms with Crippen molar-refractivity contribution in [3.63, 3.8) is 0 Å². The Morgan fingerprint density at radius 2 is 1.87 bits per heavy atom. The fraction of sp³-hybridized carbons (Fsp3) is 0.562. The van der Waals surface area contributed by atoms with Crippen molar-refractivity contribution in [1.29, 1.82) is 0 Å². The Morgan fingerprint density at radius 3 is 2.30 bits per heavy atom. The van der Waals surface area contributed by atoms with Gasteiger partial charge in [-0.1, -0.05) is 38.1 Å². The number of carbonyl (C=O) groups excluding carboxylic acids is 1. The number of ether oxygens (including phenoxy) is 1. The molecule has 0 saturated heterocycles. The molecule has 0 aliphatic carbocycles. The lowest BCUT2D eigenvalue weighted by molar-refractivity contribution is -0.146. The second kappa shape index (κ2) is 9.32. The lowest BCUT2D eigenvalue weighted by Crippen LogP contribution is -2.18. The van der Waals surface area contributed by atoms with E-state index in [-0.39, 0.29) is 23.6 Å². The number of methoxy groups -OCH3 is 1. The summed E-state index contributed by atoms with van der Waals surface area (Å²) in [5.74, 6) is -0.0577. The Morgan fingerprint density at radius 1 is 1.26 bits per heavy atom. The molecule has 7 heteroatoms. The van der Waals surface area contributed by atoms with E-state index in [0.29, 0.717) is 0 Å². The molecule has 0 heterocycles. The van der Waals surface area contributed by atoms with E-state index in [9.17, 15) is 9.00 Å². The predicted molar refractivity (Wildman–Crippen MR) is 92.8 cm³/mol. The van der Waals surface area contributed by atoms with Crippen LogP contribution in [0.1, 0.15) is 50.2 Å². The molecular formula is C16H24O5S2. The van der Waals surface area contributed by atoms with Gasteiger partial charge in [-0.05, 0) is 36.3 Å².